The molecule has 0 atom stereocenters. The molecule has 3 heterocycles. The molecule has 196 valence electrons. The molecule has 1 N–H and O–H groups in total. The first kappa shape index (κ1) is 25.9. The van der Waals surface area contributed by atoms with Gasteiger partial charge in [-0.15, -0.1) is 0 Å². The number of rotatable bonds is 6. The van der Waals surface area contributed by atoms with Crippen molar-refractivity contribution in [2.45, 2.75) is 30.4 Å². The summed E-state index contributed by atoms with van der Waals surface area (Å²) in [6.07, 6.45) is 3.43. The van der Waals surface area contributed by atoms with Gasteiger partial charge in [0.05, 0.1) is 30.3 Å². The maximum atomic E-state index is 13.3. The van der Waals surface area contributed by atoms with Crippen LogP contribution in [0.5, 0.6) is 0 Å². The first-order valence-electron chi connectivity index (χ1n) is 12.3. The number of pyridine rings is 1. The Morgan fingerprint density at radius 1 is 1.03 bits per heavy atom. The van der Waals surface area contributed by atoms with E-state index in [-0.39, 0.29) is 36.5 Å². The summed E-state index contributed by atoms with van der Waals surface area (Å²) in [6, 6.07) is 14.3. The second kappa shape index (κ2) is 10.5. The van der Waals surface area contributed by atoms with Crippen molar-refractivity contribution in [3.8, 4) is 0 Å². The molecule has 0 aliphatic carbocycles. The number of aliphatic hydroxyl groups is 1. The van der Waals surface area contributed by atoms with E-state index in [1.54, 1.807) is 47.6 Å². The number of sulfonamides is 1. The predicted molar refractivity (Wildman–Crippen MR) is 143 cm³/mol. The van der Waals surface area contributed by atoms with Gasteiger partial charge in [-0.1, -0.05) is 23.7 Å². The quantitative estimate of drug-likeness (QED) is 0.510. The zero-order valence-electron chi connectivity index (χ0n) is 20.6. The molecule has 0 spiro atoms. The number of hydrazine groups is 1. The van der Waals surface area contributed by atoms with Crippen molar-refractivity contribution in [1.29, 1.82) is 0 Å². The van der Waals surface area contributed by atoms with Gasteiger partial charge in [0.2, 0.25) is 10.0 Å². The van der Waals surface area contributed by atoms with E-state index in [1.165, 1.54) is 4.31 Å². The summed E-state index contributed by atoms with van der Waals surface area (Å²) >= 11 is 6.04. The summed E-state index contributed by atoms with van der Waals surface area (Å²) in [6.45, 7) is 1.90. The van der Waals surface area contributed by atoms with Gasteiger partial charge in [0, 0.05) is 49.6 Å². The normalized spacial score (nSPS) is 18.2. The Balaban J connectivity index is 1.21. The molecule has 2 aliphatic heterocycles. The van der Waals surface area contributed by atoms with Gasteiger partial charge in [-0.05, 0) is 60.0 Å². The second-order valence-electron chi connectivity index (χ2n) is 9.46. The van der Waals surface area contributed by atoms with Crippen LogP contribution in [0.3, 0.4) is 0 Å². The van der Waals surface area contributed by atoms with Crippen molar-refractivity contribution in [1.82, 2.24) is 19.3 Å². The number of piperidine rings is 1. The van der Waals surface area contributed by atoms with Gasteiger partial charge in [-0.3, -0.25) is 14.8 Å². The minimum absolute atomic E-state index is 0.0907. The lowest BCUT2D eigenvalue weighted by atomic mass is 10.0. The number of carbonyl (C=O) groups excluding carboxylic acids is 1. The molecule has 1 aromatic heterocycles. The maximum absolute atomic E-state index is 13.3. The molecule has 9 nitrogen and oxygen atoms in total. The highest BCUT2D eigenvalue weighted by atomic mass is 35.5. The number of fused-ring (bicyclic) bond motifs is 1. The fraction of sp³-hybridized carbons (Fsp3) is 0.385. The maximum Gasteiger partial charge on any atom is 0.252 e. The third-order valence-electron chi connectivity index (χ3n) is 7.27. The predicted octanol–water partition coefficient (Wildman–Crippen LogP) is 2.73. The van der Waals surface area contributed by atoms with Gasteiger partial charge in [0.25, 0.3) is 5.91 Å². The van der Waals surface area contributed by atoms with E-state index in [2.05, 4.69) is 9.88 Å². The Labute approximate surface area is 221 Å². The summed E-state index contributed by atoms with van der Waals surface area (Å²) in [5.74, 6) is -0.228. The SMILES string of the molecule is CN(C1CCN(c2ccnc(CO)c2)CC1)N1CCN(S(=O)(=O)c2ccc3cc(Cl)ccc3c2)CC1=O. The van der Waals surface area contributed by atoms with E-state index < -0.39 is 10.0 Å². The van der Waals surface area contributed by atoms with Crippen molar-refractivity contribution in [2.24, 2.45) is 0 Å². The first-order chi connectivity index (χ1) is 17.8. The van der Waals surface area contributed by atoms with Crippen molar-refractivity contribution in [3.05, 3.63) is 65.4 Å². The fourth-order valence-corrected chi connectivity index (χ4v) is 6.73. The highest BCUT2D eigenvalue weighted by Gasteiger charge is 2.36. The molecule has 11 heteroatoms. The largest absolute Gasteiger partial charge is 0.390 e. The van der Waals surface area contributed by atoms with Crippen molar-refractivity contribution >= 4 is 44.0 Å². The number of hydrogen-bond acceptors (Lipinski definition) is 7. The summed E-state index contributed by atoms with van der Waals surface area (Å²) < 4.78 is 27.9. The molecule has 2 aliphatic rings. The van der Waals surface area contributed by atoms with E-state index in [4.69, 9.17) is 11.6 Å². The van der Waals surface area contributed by atoms with Crippen molar-refractivity contribution < 1.29 is 18.3 Å². The lowest BCUT2D eigenvalue weighted by Crippen LogP contribution is -2.60. The van der Waals surface area contributed by atoms with Crippen LogP contribution < -0.4 is 4.90 Å². The second-order valence-corrected chi connectivity index (χ2v) is 11.8. The third-order valence-corrected chi connectivity index (χ3v) is 9.35. The van der Waals surface area contributed by atoms with E-state index in [0.29, 0.717) is 17.3 Å². The Morgan fingerprint density at radius 3 is 2.49 bits per heavy atom. The van der Waals surface area contributed by atoms with Crippen LogP contribution in [0, 0.1) is 0 Å². The van der Waals surface area contributed by atoms with Crippen LogP contribution in [0.25, 0.3) is 10.8 Å². The van der Waals surface area contributed by atoms with Gasteiger partial charge in [0.15, 0.2) is 0 Å². The van der Waals surface area contributed by atoms with Gasteiger partial charge < -0.3 is 10.0 Å². The highest BCUT2D eigenvalue weighted by Crippen LogP contribution is 2.27. The average molecular weight is 544 g/mol. The van der Waals surface area contributed by atoms with E-state index in [1.807, 2.05) is 24.2 Å². The van der Waals surface area contributed by atoms with Crippen LogP contribution in [-0.2, 0) is 21.4 Å². The fourth-order valence-electron chi connectivity index (χ4n) is 5.13. The van der Waals surface area contributed by atoms with Crippen molar-refractivity contribution in [3.63, 3.8) is 0 Å². The number of hydrogen-bond donors (Lipinski definition) is 1. The van der Waals surface area contributed by atoms with Gasteiger partial charge in [-0.2, -0.15) is 4.31 Å². The molecule has 0 radical (unpaired) electrons. The smallest absolute Gasteiger partial charge is 0.252 e. The molecule has 2 fully saturated rings. The Kier molecular flexibility index (Phi) is 7.37. The summed E-state index contributed by atoms with van der Waals surface area (Å²) in [5.41, 5.74) is 1.68. The molecule has 3 aromatic rings. The van der Waals surface area contributed by atoms with Crippen LogP contribution in [0.4, 0.5) is 5.69 Å². The van der Waals surface area contributed by atoms with Crippen molar-refractivity contribution in [2.75, 3.05) is 44.7 Å². The number of benzene rings is 2. The Bertz CT molecular complexity index is 1410. The molecule has 1 amide bonds. The van der Waals surface area contributed by atoms with Crippen LogP contribution in [0.15, 0.2) is 59.6 Å². The topological polar surface area (TPSA) is 97.3 Å². The highest BCUT2D eigenvalue weighted by molar-refractivity contribution is 7.89. The first-order valence-corrected chi connectivity index (χ1v) is 14.1. The van der Waals surface area contributed by atoms with E-state index >= 15 is 0 Å². The number of anilines is 1. The van der Waals surface area contributed by atoms with Gasteiger partial charge >= 0.3 is 0 Å². The molecule has 5 rings (SSSR count). The molecule has 37 heavy (non-hydrogen) atoms. The molecular formula is C26H30ClN5O4S. The number of aliphatic hydroxyl groups excluding tert-OH is 1. The average Bonchev–Trinajstić information content (AvgIpc) is 2.92. The van der Waals surface area contributed by atoms with Crippen LogP contribution in [-0.4, -0.2) is 84.6 Å². The van der Waals surface area contributed by atoms with Gasteiger partial charge in [0.1, 0.15) is 0 Å². The Morgan fingerprint density at radius 2 is 1.76 bits per heavy atom. The Hall–Kier alpha value is -2.76. The van der Waals surface area contributed by atoms with Gasteiger partial charge in [-0.25, -0.2) is 13.4 Å². The number of nitrogens with zero attached hydrogens (tertiary/aromatic N) is 5. The molecule has 2 aromatic carbocycles. The number of amides is 1. The monoisotopic (exact) mass is 543 g/mol. The van der Waals surface area contributed by atoms with E-state index in [0.717, 1.165) is 42.4 Å². The van der Waals surface area contributed by atoms with Crippen LogP contribution in [0.1, 0.15) is 18.5 Å². The molecule has 0 unspecified atom stereocenters. The van der Waals surface area contributed by atoms with Crippen LogP contribution >= 0.6 is 11.6 Å². The summed E-state index contributed by atoms with van der Waals surface area (Å²) in [7, 11) is -1.90. The number of aromatic nitrogens is 1. The number of piperazine rings is 1. The lowest BCUT2D eigenvalue weighted by molar-refractivity contribution is -0.156. The zero-order valence-corrected chi connectivity index (χ0v) is 22.2. The van der Waals surface area contributed by atoms with E-state index in [9.17, 15) is 18.3 Å². The molecule has 0 saturated carbocycles. The summed E-state index contributed by atoms with van der Waals surface area (Å²) in [4.78, 5) is 19.7. The lowest BCUT2D eigenvalue weighted by Gasteiger charge is -2.45. The number of halogens is 1. The van der Waals surface area contributed by atoms with Crippen LogP contribution in [0.2, 0.25) is 5.02 Å². The molecule has 0 bridgehead atoms. The molecule has 2 saturated heterocycles. The minimum Gasteiger partial charge on any atom is -0.390 e. The summed E-state index contributed by atoms with van der Waals surface area (Å²) in [5, 5.41) is 15.3. The zero-order chi connectivity index (χ0) is 26.2. The third kappa shape index (κ3) is 5.30. The molecular weight excluding hydrogens is 514 g/mol. The minimum atomic E-state index is -3.81. The number of carbonyl (C=O) groups is 1. The standard InChI is InChI=1S/C26H30ClN5O4S/c1-29(23-7-10-30(11-8-23)24-6-9-28-22(16-24)18-33)32-13-12-31(17-26(32)34)37(35,36)25-5-3-19-14-21(27)4-2-20(19)15-25/h2-6,9,14-16,23,33H,7-8,10-13,17-18H2,1H3.